The Morgan fingerprint density at radius 2 is 2.00 bits per heavy atom. The summed E-state index contributed by atoms with van der Waals surface area (Å²) in [5.41, 5.74) is 2.06. The monoisotopic (exact) mass is 196 g/mol. The van der Waals surface area contributed by atoms with E-state index in [2.05, 4.69) is 38.1 Å². The lowest BCUT2D eigenvalue weighted by atomic mass is 10.2. The highest BCUT2D eigenvalue weighted by atomic mass is 31.1. The Balaban J connectivity index is 2.78. The first-order chi connectivity index (χ1) is 6.24. The minimum Gasteiger partial charge on any atom is -0.380 e. The maximum atomic E-state index is 5.15. The molecule has 1 rings (SSSR count). The molecule has 0 heterocycles. The first kappa shape index (κ1) is 10.7. The van der Waals surface area contributed by atoms with Crippen LogP contribution in [0.1, 0.15) is 19.4 Å². The van der Waals surface area contributed by atoms with E-state index in [0.717, 1.165) is 20.8 Å². The van der Waals surface area contributed by atoms with Crippen molar-refractivity contribution in [3.63, 3.8) is 0 Å². The van der Waals surface area contributed by atoms with Crippen molar-refractivity contribution in [3.05, 3.63) is 29.8 Å². The standard InChI is InChI=1S/C11H17OP/c1-9(2)13-11-7-5-4-6-10(11)8-12-3/h4-7,9,13H,8H2,1-3H3. The van der Waals surface area contributed by atoms with Gasteiger partial charge in [-0.3, -0.25) is 0 Å². The summed E-state index contributed by atoms with van der Waals surface area (Å²) in [5, 5.41) is 1.44. The lowest BCUT2D eigenvalue weighted by Crippen LogP contribution is -2.07. The molecule has 0 aliphatic carbocycles. The zero-order valence-electron chi connectivity index (χ0n) is 8.50. The van der Waals surface area contributed by atoms with Crippen LogP contribution in [0.25, 0.3) is 0 Å². The first-order valence-electron chi connectivity index (χ1n) is 4.57. The van der Waals surface area contributed by atoms with Gasteiger partial charge in [0.15, 0.2) is 0 Å². The van der Waals surface area contributed by atoms with Crippen molar-refractivity contribution in [1.82, 2.24) is 0 Å². The van der Waals surface area contributed by atoms with Gasteiger partial charge in [0, 0.05) is 7.11 Å². The molecule has 0 aliphatic rings. The Labute approximate surface area is 82.3 Å². The fourth-order valence-corrected chi connectivity index (χ4v) is 2.41. The average molecular weight is 196 g/mol. The summed E-state index contributed by atoms with van der Waals surface area (Å²) in [5.74, 6) is 0. The molecule has 0 radical (unpaired) electrons. The summed E-state index contributed by atoms with van der Waals surface area (Å²) in [6.45, 7) is 5.24. The van der Waals surface area contributed by atoms with Crippen molar-refractivity contribution < 1.29 is 4.74 Å². The molecule has 0 saturated carbocycles. The highest BCUT2D eigenvalue weighted by Gasteiger charge is 2.02. The highest BCUT2D eigenvalue weighted by Crippen LogP contribution is 2.19. The van der Waals surface area contributed by atoms with E-state index in [9.17, 15) is 0 Å². The van der Waals surface area contributed by atoms with Crippen molar-refractivity contribution in [2.75, 3.05) is 7.11 Å². The van der Waals surface area contributed by atoms with Crippen LogP contribution < -0.4 is 5.30 Å². The third kappa shape index (κ3) is 3.46. The Kier molecular flexibility index (Phi) is 4.41. The Morgan fingerprint density at radius 3 is 2.62 bits per heavy atom. The maximum absolute atomic E-state index is 5.15. The van der Waals surface area contributed by atoms with Gasteiger partial charge in [-0.1, -0.05) is 46.7 Å². The molecule has 0 spiro atoms. The molecule has 0 aromatic heterocycles. The molecular weight excluding hydrogens is 179 g/mol. The molecule has 0 N–H and O–H groups in total. The fraction of sp³-hybridized carbons (Fsp3) is 0.455. The molecule has 72 valence electrons. The lowest BCUT2D eigenvalue weighted by Gasteiger charge is -2.10. The van der Waals surface area contributed by atoms with Crippen LogP contribution in [0.4, 0.5) is 0 Å². The third-order valence-corrected chi connectivity index (χ3v) is 3.14. The van der Waals surface area contributed by atoms with E-state index >= 15 is 0 Å². The second kappa shape index (κ2) is 5.36. The van der Waals surface area contributed by atoms with E-state index in [1.54, 1.807) is 7.11 Å². The molecule has 1 unspecified atom stereocenters. The molecule has 2 heteroatoms. The van der Waals surface area contributed by atoms with Crippen LogP contribution in [0, 0.1) is 0 Å². The normalized spacial score (nSPS) is 11.7. The first-order valence-corrected chi connectivity index (χ1v) is 5.65. The number of benzene rings is 1. The van der Waals surface area contributed by atoms with Crippen LogP contribution in [-0.4, -0.2) is 12.8 Å². The van der Waals surface area contributed by atoms with E-state index in [1.807, 2.05) is 0 Å². The molecule has 1 atom stereocenters. The van der Waals surface area contributed by atoms with E-state index in [0.29, 0.717) is 0 Å². The van der Waals surface area contributed by atoms with Gasteiger partial charge in [0.2, 0.25) is 0 Å². The predicted octanol–water partition coefficient (Wildman–Crippen LogP) is 2.55. The van der Waals surface area contributed by atoms with Gasteiger partial charge >= 0.3 is 0 Å². The number of ether oxygens (including phenoxy) is 1. The van der Waals surface area contributed by atoms with Crippen molar-refractivity contribution >= 4 is 13.9 Å². The van der Waals surface area contributed by atoms with E-state index in [-0.39, 0.29) is 0 Å². The third-order valence-electron chi connectivity index (χ3n) is 1.76. The molecule has 1 aromatic carbocycles. The molecule has 13 heavy (non-hydrogen) atoms. The molecule has 0 bridgehead atoms. The van der Waals surface area contributed by atoms with Crippen LogP contribution in [0.15, 0.2) is 24.3 Å². The molecule has 1 nitrogen and oxygen atoms in total. The Morgan fingerprint density at radius 1 is 1.31 bits per heavy atom. The molecule has 0 amide bonds. The van der Waals surface area contributed by atoms with Gasteiger partial charge in [0.05, 0.1) is 6.61 Å². The van der Waals surface area contributed by atoms with Crippen molar-refractivity contribution in [1.29, 1.82) is 0 Å². The Bertz CT molecular complexity index is 258. The van der Waals surface area contributed by atoms with Crippen LogP contribution in [0.5, 0.6) is 0 Å². The molecule has 0 saturated heterocycles. The maximum Gasteiger partial charge on any atom is 0.0719 e. The van der Waals surface area contributed by atoms with Crippen molar-refractivity contribution in [3.8, 4) is 0 Å². The topological polar surface area (TPSA) is 9.23 Å². The largest absolute Gasteiger partial charge is 0.380 e. The summed E-state index contributed by atoms with van der Waals surface area (Å²) < 4.78 is 5.15. The average Bonchev–Trinajstić information content (AvgIpc) is 2.08. The van der Waals surface area contributed by atoms with Gasteiger partial charge in [-0.2, -0.15) is 0 Å². The van der Waals surface area contributed by atoms with Gasteiger partial charge in [-0.15, -0.1) is 0 Å². The van der Waals surface area contributed by atoms with Gasteiger partial charge in [-0.05, 0) is 16.5 Å². The Hall–Kier alpha value is -0.390. The molecule has 0 aliphatic heterocycles. The highest BCUT2D eigenvalue weighted by molar-refractivity contribution is 7.48. The number of rotatable bonds is 4. The zero-order valence-corrected chi connectivity index (χ0v) is 9.50. The molecule has 1 aromatic rings. The van der Waals surface area contributed by atoms with Crippen molar-refractivity contribution in [2.45, 2.75) is 26.1 Å². The van der Waals surface area contributed by atoms with Crippen LogP contribution >= 0.6 is 8.58 Å². The van der Waals surface area contributed by atoms with Crippen LogP contribution in [-0.2, 0) is 11.3 Å². The van der Waals surface area contributed by atoms with Gasteiger partial charge in [0.25, 0.3) is 0 Å². The summed E-state index contributed by atoms with van der Waals surface area (Å²) in [6.07, 6.45) is 0. The number of hydrogen-bond acceptors (Lipinski definition) is 1. The summed E-state index contributed by atoms with van der Waals surface area (Å²) in [6, 6.07) is 8.52. The van der Waals surface area contributed by atoms with Crippen LogP contribution in [0.2, 0.25) is 0 Å². The fourth-order valence-electron chi connectivity index (χ4n) is 1.25. The minimum absolute atomic E-state index is 0.732. The van der Waals surface area contributed by atoms with E-state index in [4.69, 9.17) is 4.74 Å². The van der Waals surface area contributed by atoms with Gasteiger partial charge in [-0.25, -0.2) is 0 Å². The lowest BCUT2D eigenvalue weighted by molar-refractivity contribution is 0.185. The molecule has 0 fully saturated rings. The summed E-state index contributed by atoms with van der Waals surface area (Å²) >= 11 is 0. The van der Waals surface area contributed by atoms with Gasteiger partial charge < -0.3 is 4.74 Å². The second-order valence-electron chi connectivity index (χ2n) is 3.39. The van der Waals surface area contributed by atoms with E-state index in [1.165, 1.54) is 10.9 Å². The second-order valence-corrected chi connectivity index (χ2v) is 5.37. The zero-order chi connectivity index (χ0) is 9.68. The smallest absolute Gasteiger partial charge is 0.0719 e. The quantitative estimate of drug-likeness (QED) is 0.672. The molecular formula is C11H17OP. The van der Waals surface area contributed by atoms with Gasteiger partial charge in [0.1, 0.15) is 0 Å². The van der Waals surface area contributed by atoms with Crippen LogP contribution in [0.3, 0.4) is 0 Å². The summed E-state index contributed by atoms with van der Waals surface area (Å²) in [4.78, 5) is 0. The summed E-state index contributed by atoms with van der Waals surface area (Å²) in [7, 11) is 2.63. The predicted molar refractivity (Wildman–Crippen MR) is 60.2 cm³/mol. The minimum atomic E-state index is 0.732. The van der Waals surface area contributed by atoms with Crippen molar-refractivity contribution in [2.24, 2.45) is 0 Å². The number of hydrogen-bond donors (Lipinski definition) is 0. The number of methoxy groups -OCH3 is 1. The van der Waals surface area contributed by atoms with E-state index < -0.39 is 0 Å². The SMILES string of the molecule is COCc1ccccc1PC(C)C.